The summed E-state index contributed by atoms with van der Waals surface area (Å²) in [5.41, 5.74) is 10.8. The van der Waals surface area contributed by atoms with Gasteiger partial charge in [0.05, 0.1) is 16.1 Å². The van der Waals surface area contributed by atoms with Gasteiger partial charge in [0.25, 0.3) is 5.91 Å². The fourth-order valence-corrected chi connectivity index (χ4v) is 4.35. The molecule has 2 rings (SSSR count). The number of hydrogen-bond acceptors (Lipinski definition) is 7. The Hall–Kier alpha value is -3.16. The second kappa shape index (κ2) is 9.14. The number of anilines is 1. The van der Waals surface area contributed by atoms with Gasteiger partial charge in [0, 0.05) is 40.5 Å². The predicted molar refractivity (Wildman–Crippen MR) is 121 cm³/mol. The number of nitrogens with two attached hydrogens (primary N) is 2. The number of carbonyl (C=O) groups is 1. The summed E-state index contributed by atoms with van der Waals surface area (Å²) in [6.45, 7) is 0. The van der Waals surface area contributed by atoms with Crippen LogP contribution in [0.3, 0.4) is 0 Å². The summed E-state index contributed by atoms with van der Waals surface area (Å²) >= 11 is 0. The molecule has 0 aliphatic carbocycles. The van der Waals surface area contributed by atoms with Gasteiger partial charge in [0.1, 0.15) is 16.4 Å². The third-order valence-corrected chi connectivity index (χ3v) is 7.18. The van der Waals surface area contributed by atoms with Gasteiger partial charge in [-0.2, -0.15) is 4.99 Å². The quantitative estimate of drug-likeness (QED) is 0.424. The number of guanidine groups is 1. The number of sulfonamides is 1. The summed E-state index contributed by atoms with van der Waals surface area (Å²) in [4.78, 5) is 17.3. The van der Waals surface area contributed by atoms with Crippen LogP contribution in [-0.4, -0.2) is 67.5 Å². The minimum Gasteiger partial charge on any atom is -0.456 e. The van der Waals surface area contributed by atoms with Crippen LogP contribution in [0.1, 0.15) is 10.4 Å². The van der Waals surface area contributed by atoms with E-state index in [9.17, 15) is 21.6 Å². The molecule has 0 saturated heterocycles. The van der Waals surface area contributed by atoms with Gasteiger partial charge in [-0.3, -0.25) is 4.79 Å². The minimum absolute atomic E-state index is 0.0383. The van der Waals surface area contributed by atoms with E-state index in [1.165, 1.54) is 44.4 Å². The Morgan fingerprint density at radius 1 is 0.969 bits per heavy atom. The van der Waals surface area contributed by atoms with Crippen LogP contribution >= 0.6 is 0 Å². The van der Waals surface area contributed by atoms with Crippen LogP contribution in [0.5, 0.6) is 11.5 Å². The first-order chi connectivity index (χ1) is 14.6. The number of hydrogen-bond donors (Lipinski definition) is 2. The van der Waals surface area contributed by atoms with Crippen molar-refractivity contribution < 1.29 is 26.4 Å². The lowest BCUT2D eigenvalue weighted by atomic mass is 10.1. The minimum atomic E-state index is -3.83. The SMILES string of the molecule is CN(C)c1cc(Oc2ccc(S(=O)(=O)N(C)C)cc2)c(S(C)(=O)=O)cc1C(=O)N=C(N)N. The molecule has 4 N–H and O–H groups in total. The van der Waals surface area contributed by atoms with Crippen LogP contribution in [0, 0.1) is 0 Å². The lowest BCUT2D eigenvalue weighted by Crippen LogP contribution is -2.25. The molecular formula is C19H25N5O6S2. The van der Waals surface area contributed by atoms with Crippen molar-refractivity contribution in [1.29, 1.82) is 0 Å². The fraction of sp³-hybridized carbons (Fsp3) is 0.263. The van der Waals surface area contributed by atoms with E-state index in [0.29, 0.717) is 5.69 Å². The van der Waals surface area contributed by atoms with Crippen molar-refractivity contribution in [2.45, 2.75) is 9.79 Å². The van der Waals surface area contributed by atoms with Gasteiger partial charge in [-0.25, -0.2) is 21.1 Å². The first-order valence-electron chi connectivity index (χ1n) is 9.04. The van der Waals surface area contributed by atoms with Gasteiger partial charge in [0.2, 0.25) is 10.0 Å². The maximum absolute atomic E-state index is 12.4. The second-order valence-electron chi connectivity index (χ2n) is 7.19. The van der Waals surface area contributed by atoms with Gasteiger partial charge in [0.15, 0.2) is 15.8 Å². The van der Waals surface area contributed by atoms with Crippen molar-refractivity contribution in [3.63, 3.8) is 0 Å². The number of ether oxygens (including phenoxy) is 1. The average molecular weight is 484 g/mol. The largest absolute Gasteiger partial charge is 0.456 e. The summed E-state index contributed by atoms with van der Waals surface area (Å²) in [7, 11) is -1.36. The fourth-order valence-electron chi connectivity index (χ4n) is 2.65. The highest BCUT2D eigenvalue weighted by Gasteiger charge is 2.24. The molecule has 2 aromatic carbocycles. The number of amides is 1. The summed E-state index contributed by atoms with van der Waals surface area (Å²) in [5.74, 6) is -1.14. The molecule has 0 aliphatic heterocycles. The zero-order chi connectivity index (χ0) is 24.4. The molecule has 0 bridgehead atoms. The molecule has 32 heavy (non-hydrogen) atoms. The Morgan fingerprint density at radius 2 is 1.53 bits per heavy atom. The number of rotatable bonds is 7. The maximum atomic E-state index is 12.4. The van der Waals surface area contributed by atoms with Crippen LogP contribution in [0.4, 0.5) is 5.69 Å². The van der Waals surface area contributed by atoms with E-state index in [-0.39, 0.29) is 26.9 Å². The average Bonchev–Trinajstić information content (AvgIpc) is 2.66. The molecule has 0 spiro atoms. The molecule has 0 aliphatic rings. The summed E-state index contributed by atoms with van der Waals surface area (Å²) < 4.78 is 56.1. The highest BCUT2D eigenvalue weighted by Crippen LogP contribution is 2.36. The van der Waals surface area contributed by atoms with E-state index in [0.717, 1.165) is 16.6 Å². The van der Waals surface area contributed by atoms with E-state index in [1.54, 1.807) is 19.0 Å². The highest BCUT2D eigenvalue weighted by molar-refractivity contribution is 7.90. The van der Waals surface area contributed by atoms with Crippen LogP contribution in [-0.2, 0) is 19.9 Å². The van der Waals surface area contributed by atoms with E-state index < -0.39 is 31.7 Å². The lowest BCUT2D eigenvalue weighted by molar-refractivity contribution is 0.100. The molecule has 11 nitrogen and oxygen atoms in total. The number of sulfone groups is 1. The Labute approximate surface area is 187 Å². The number of nitrogens with zero attached hydrogens (tertiary/aromatic N) is 3. The van der Waals surface area contributed by atoms with E-state index in [4.69, 9.17) is 16.2 Å². The van der Waals surface area contributed by atoms with Crippen LogP contribution in [0.25, 0.3) is 0 Å². The number of benzene rings is 2. The normalized spacial score (nSPS) is 11.8. The molecule has 1 amide bonds. The molecule has 174 valence electrons. The lowest BCUT2D eigenvalue weighted by Gasteiger charge is -2.20. The van der Waals surface area contributed by atoms with Gasteiger partial charge >= 0.3 is 0 Å². The van der Waals surface area contributed by atoms with Gasteiger partial charge < -0.3 is 21.1 Å². The zero-order valence-corrected chi connectivity index (χ0v) is 19.9. The maximum Gasteiger partial charge on any atom is 0.282 e. The van der Waals surface area contributed by atoms with E-state index in [1.807, 2.05) is 0 Å². The third-order valence-electron chi connectivity index (χ3n) is 4.23. The standard InChI is InChI=1S/C19H25N5O6S2/c1-23(2)15-11-16(17(31(5,26)27)10-14(15)18(25)22-19(20)21)30-12-6-8-13(9-7-12)32(28,29)24(3)4/h6-11H,1-5H3,(H4,20,21,22,25). The zero-order valence-electron chi connectivity index (χ0n) is 18.2. The van der Waals surface area contributed by atoms with Crippen LogP contribution in [0.2, 0.25) is 0 Å². The van der Waals surface area contributed by atoms with Gasteiger partial charge in [-0.05, 0) is 30.3 Å². The van der Waals surface area contributed by atoms with Crippen LogP contribution < -0.4 is 21.1 Å². The van der Waals surface area contributed by atoms with Crippen molar-refractivity contribution in [3.05, 3.63) is 42.0 Å². The molecule has 2 aromatic rings. The number of aliphatic imine (C=N–C) groups is 1. The van der Waals surface area contributed by atoms with Crippen molar-refractivity contribution in [1.82, 2.24) is 4.31 Å². The molecule has 0 saturated carbocycles. The van der Waals surface area contributed by atoms with Crippen molar-refractivity contribution in [2.75, 3.05) is 39.3 Å². The molecule has 0 atom stereocenters. The summed E-state index contributed by atoms with van der Waals surface area (Å²) in [5, 5.41) is 0. The summed E-state index contributed by atoms with van der Waals surface area (Å²) in [6, 6.07) is 7.99. The summed E-state index contributed by atoms with van der Waals surface area (Å²) in [6.07, 6.45) is 0.964. The molecule has 0 fully saturated rings. The van der Waals surface area contributed by atoms with Gasteiger partial charge in [-0.1, -0.05) is 0 Å². The second-order valence-corrected chi connectivity index (χ2v) is 11.3. The number of carbonyl (C=O) groups excluding carboxylic acids is 1. The topological polar surface area (TPSA) is 165 Å². The Kier molecular flexibility index (Phi) is 7.17. The van der Waals surface area contributed by atoms with Crippen LogP contribution in [0.15, 0.2) is 51.2 Å². The molecule has 0 heterocycles. The van der Waals surface area contributed by atoms with E-state index >= 15 is 0 Å². The van der Waals surface area contributed by atoms with Crippen molar-refractivity contribution in [2.24, 2.45) is 16.5 Å². The Morgan fingerprint density at radius 3 is 1.97 bits per heavy atom. The molecule has 0 aromatic heterocycles. The Bertz CT molecular complexity index is 1260. The predicted octanol–water partition coefficient (Wildman–Crippen LogP) is 0.612. The first-order valence-corrected chi connectivity index (χ1v) is 12.4. The Balaban J connectivity index is 2.62. The molecule has 0 radical (unpaired) electrons. The highest BCUT2D eigenvalue weighted by atomic mass is 32.2. The first kappa shape index (κ1) is 25.1. The third kappa shape index (κ3) is 5.55. The molecule has 13 heteroatoms. The van der Waals surface area contributed by atoms with Crippen molar-refractivity contribution in [3.8, 4) is 11.5 Å². The smallest absolute Gasteiger partial charge is 0.282 e. The monoisotopic (exact) mass is 483 g/mol. The van der Waals surface area contributed by atoms with E-state index in [2.05, 4.69) is 4.99 Å². The van der Waals surface area contributed by atoms with Crippen molar-refractivity contribution >= 4 is 37.4 Å². The molecule has 0 unspecified atom stereocenters. The van der Waals surface area contributed by atoms with Gasteiger partial charge in [-0.15, -0.1) is 0 Å². The molecular weight excluding hydrogens is 458 g/mol.